The minimum Gasteiger partial charge on any atom is -0.502 e. The highest BCUT2D eigenvalue weighted by Crippen LogP contribution is 2.48. The fourth-order valence-electron chi connectivity index (χ4n) is 4.24. The number of fused-ring (bicyclic) bond motifs is 1. The third kappa shape index (κ3) is 8.45. The van der Waals surface area contributed by atoms with Crippen LogP contribution in [-0.4, -0.2) is 57.7 Å². The lowest BCUT2D eigenvalue weighted by atomic mass is 10.0. The number of hydrogen-bond acceptors (Lipinski definition) is 10. The van der Waals surface area contributed by atoms with Gasteiger partial charge in [-0.1, -0.05) is 33.8 Å². The summed E-state index contributed by atoms with van der Waals surface area (Å²) in [7, 11) is 4.38. The zero-order valence-corrected chi connectivity index (χ0v) is 24.7. The molecule has 1 aliphatic heterocycles. The molecule has 3 rings (SSSR count). The summed E-state index contributed by atoms with van der Waals surface area (Å²) in [6, 6.07) is 6.77. The second-order valence-corrected chi connectivity index (χ2v) is 10.5. The number of carbonyl (C=O) groups excluding carboxylic acids is 2. The van der Waals surface area contributed by atoms with E-state index in [9.17, 15) is 14.7 Å². The zero-order chi connectivity index (χ0) is 30.1. The lowest BCUT2D eigenvalue weighted by Gasteiger charge is -2.35. The number of rotatable bonds is 13. The Hall–Kier alpha value is -4.08. The monoisotopic (exact) mass is 572 g/mol. The van der Waals surface area contributed by atoms with Crippen LogP contribution in [0.1, 0.15) is 57.8 Å². The lowest BCUT2D eigenvalue weighted by molar-refractivity contribution is -0.149. The number of benzene rings is 2. The Bertz CT molecular complexity index is 1210. The maximum atomic E-state index is 12.4. The van der Waals surface area contributed by atoms with Gasteiger partial charge in [0.15, 0.2) is 35.2 Å². The van der Waals surface area contributed by atoms with Crippen LogP contribution in [0, 0.1) is 11.8 Å². The lowest BCUT2D eigenvalue weighted by Crippen LogP contribution is -2.38. The Morgan fingerprint density at radius 3 is 2.00 bits per heavy atom. The summed E-state index contributed by atoms with van der Waals surface area (Å²) in [4.78, 5) is 24.2. The van der Waals surface area contributed by atoms with Crippen molar-refractivity contribution in [3.05, 3.63) is 41.5 Å². The second kappa shape index (κ2) is 14.5. The molecule has 10 heteroatoms. The molecule has 41 heavy (non-hydrogen) atoms. The van der Waals surface area contributed by atoms with E-state index < -0.39 is 12.2 Å². The van der Waals surface area contributed by atoms with Gasteiger partial charge in [-0.2, -0.15) is 0 Å². The zero-order valence-electron chi connectivity index (χ0n) is 24.7. The Balaban J connectivity index is 1.94. The molecule has 2 atom stereocenters. The van der Waals surface area contributed by atoms with E-state index in [1.54, 1.807) is 36.4 Å². The molecule has 2 aromatic carbocycles. The molecule has 0 spiro atoms. The van der Waals surface area contributed by atoms with Gasteiger partial charge in [0.05, 0.1) is 21.3 Å². The van der Waals surface area contributed by atoms with Crippen LogP contribution in [-0.2, 0) is 19.1 Å². The average molecular weight is 573 g/mol. The topological polar surface area (TPSA) is 119 Å². The molecule has 0 saturated heterocycles. The molecule has 2 aromatic rings. The standard InChI is InChI=1S/C31H40O10/c1-18(2)11-27(32)38-10-8-9-20-13-24(37-7)31-25(14-20)40-30(26(41-31)17-39-28(33)12-19(3)4)21-15-22(35-5)29(34)23(16-21)36-6/h8-9,13-16,18-19,26,30,34H,10-12,17H2,1-7H3/b9-8+. The predicted molar refractivity (Wildman–Crippen MR) is 152 cm³/mol. The highest BCUT2D eigenvalue weighted by atomic mass is 16.6. The molecule has 0 saturated carbocycles. The van der Waals surface area contributed by atoms with Crippen molar-refractivity contribution in [3.63, 3.8) is 0 Å². The van der Waals surface area contributed by atoms with Gasteiger partial charge < -0.3 is 38.3 Å². The molecule has 0 aliphatic carbocycles. The SMILES string of the molecule is COc1cc(C2Oc3cc(/C=C/COC(=O)CC(C)C)cc(OC)c3OC2COC(=O)CC(C)C)cc(OC)c1O. The van der Waals surface area contributed by atoms with E-state index >= 15 is 0 Å². The van der Waals surface area contributed by atoms with Crippen molar-refractivity contribution in [1.82, 2.24) is 0 Å². The number of hydrogen-bond donors (Lipinski definition) is 1. The predicted octanol–water partition coefficient (Wildman–Crippen LogP) is 5.49. The summed E-state index contributed by atoms with van der Waals surface area (Å²) in [5, 5.41) is 10.4. The van der Waals surface area contributed by atoms with E-state index in [2.05, 4.69) is 0 Å². The molecule has 1 N–H and O–H groups in total. The molecule has 0 aromatic heterocycles. The number of methoxy groups -OCH3 is 3. The van der Waals surface area contributed by atoms with E-state index in [0.29, 0.717) is 29.2 Å². The van der Waals surface area contributed by atoms with Crippen LogP contribution in [0.3, 0.4) is 0 Å². The molecule has 0 fully saturated rings. The van der Waals surface area contributed by atoms with E-state index in [0.717, 1.165) is 5.56 Å². The first-order chi connectivity index (χ1) is 19.6. The van der Waals surface area contributed by atoms with Crippen molar-refractivity contribution in [1.29, 1.82) is 0 Å². The van der Waals surface area contributed by atoms with E-state index in [1.807, 2.05) is 27.7 Å². The number of ether oxygens (including phenoxy) is 7. The van der Waals surface area contributed by atoms with E-state index in [-0.39, 0.29) is 60.7 Å². The van der Waals surface area contributed by atoms with E-state index in [4.69, 9.17) is 33.2 Å². The maximum absolute atomic E-state index is 12.4. The summed E-state index contributed by atoms with van der Waals surface area (Å²) in [6.07, 6.45) is 2.62. The van der Waals surface area contributed by atoms with Gasteiger partial charge in [-0.15, -0.1) is 0 Å². The molecule has 0 amide bonds. The number of aromatic hydroxyl groups is 1. The van der Waals surface area contributed by atoms with Crippen LogP contribution in [0.4, 0.5) is 0 Å². The van der Waals surface area contributed by atoms with Crippen LogP contribution >= 0.6 is 0 Å². The molecule has 0 radical (unpaired) electrons. The number of carbonyl (C=O) groups is 2. The third-order valence-electron chi connectivity index (χ3n) is 6.16. The van der Waals surface area contributed by atoms with Crippen molar-refractivity contribution < 1.29 is 47.9 Å². The van der Waals surface area contributed by atoms with Gasteiger partial charge in [0, 0.05) is 18.4 Å². The minimum absolute atomic E-state index is 0.0896. The smallest absolute Gasteiger partial charge is 0.306 e. The van der Waals surface area contributed by atoms with Crippen molar-refractivity contribution in [3.8, 4) is 34.5 Å². The summed E-state index contributed by atoms with van der Waals surface area (Å²) in [6.45, 7) is 7.81. The van der Waals surface area contributed by atoms with Gasteiger partial charge in [0.1, 0.15) is 13.2 Å². The molecule has 1 heterocycles. The molecule has 10 nitrogen and oxygen atoms in total. The summed E-state index contributed by atoms with van der Waals surface area (Å²) in [5.41, 5.74) is 1.30. The highest BCUT2D eigenvalue weighted by molar-refractivity contribution is 5.70. The quantitative estimate of drug-likeness (QED) is 0.309. The van der Waals surface area contributed by atoms with Crippen molar-refractivity contribution in [2.24, 2.45) is 11.8 Å². The van der Waals surface area contributed by atoms with Crippen LogP contribution in [0.5, 0.6) is 34.5 Å². The van der Waals surface area contributed by atoms with Crippen LogP contribution in [0.25, 0.3) is 6.08 Å². The van der Waals surface area contributed by atoms with Crippen molar-refractivity contribution >= 4 is 18.0 Å². The first-order valence-electron chi connectivity index (χ1n) is 13.5. The Morgan fingerprint density at radius 2 is 1.44 bits per heavy atom. The van der Waals surface area contributed by atoms with E-state index in [1.165, 1.54) is 21.3 Å². The van der Waals surface area contributed by atoms with Gasteiger partial charge in [0.25, 0.3) is 0 Å². The fourth-order valence-corrected chi connectivity index (χ4v) is 4.24. The summed E-state index contributed by atoms with van der Waals surface area (Å²) in [5.74, 6) is 1.12. The molecule has 224 valence electrons. The van der Waals surface area contributed by atoms with Gasteiger partial charge >= 0.3 is 11.9 Å². The van der Waals surface area contributed by atoms with Gasteiger partial charge in [-0.3, -0.25) is 9.59 Å². The first-order valence-corrected chi connectivity index (χ1v) is 13.5. The number of phenolic OH excluding ortho intramolecular Hbond substituents is 1. The molecular formula is C31H40O10. The van der Waals surface area contributed by atoms with Crippen molar-refractivity contribution in [2.75, 3.05) is 34.5 Å². The molecular weight excluding hydrogens is 532 g/mol. The van der Waals surface area contributed by atoms with Crippen LogP contribution in [0.15, 0.2) is 30.3 Å². The average Bonchev–Trinajstić information content (AvgIpc) is 2.92. The van der Waals surface area contributed by atoms with Crippen LogP contribution in [0.2, 0.25) is 0 Å². The second-order valence-electron chi connectivity index (χ2n) is 10.5. The summed E-state index contributed by atoms with van der Waals surface area (Å²) < 4.78 is 39.9. The number of esters is 2. The van der Waals surface area contributed by atoms with Gasteiger partial charge in [-0.05, 0) is 47.7 Å². The molecule has 0 bridgehead atoms. The van der Waals surface area contributed by atoms with Crippen LogP contribution < -0.4 is 23.7 Å². The maximum Gasteiger partial charge on any atom is 0.306 e. The largest absolute Gasteiger partial charge is 0.502 e. The van der Waals surface area contributed by atoms with Gasteiger partial charge in [0.2, 0.25) is 11.5 Å². The Labute approximate surface area is 241 Å². The summed E-state index contributed by atoms with van der Waals surface area (Å²) >= 11 is 0. The van der Waals surface area contributed by atoms with Crippen molar-refractivity contribution in [2.45, 2.75) is 52.7 Å². The fraction of sp³-hybridized carbons (Fsp3) is 0.484. The number of phenols is 1. The highest BCUT2D eigenvalue weighted by Gasteiger charge is 2.37. The third-order valence-corrected chi connectivity index (χ3v) is 6.16. The normalized spacial score (nSPS) is 16.1. The molecule has 1 aliphatic rings. The first kappa shape index (κ1) is 31.4. The molecule has 2 unspecified atom stereocenters. The minimum atomic E-state index is -0.765. The Kier molecular flexibility index (Phi) is 11.1. The van der Waals surface area contributed by atoms with Gasteiger partial charge in [-0.25, -0.2) is 0 Å². The Morgan fingerprint density at radius 1 is 0.854 bits per heavy atom.